The smallest absolute Gasteiger partial charge is 0.146 e. The summed E-state index contributed by atoms with van der Waals surface area (Å²) in [6, 6.07) is 4.53. The van der Waals surface area contributed by atoms with Crippen molar-refractivity contribution in [2.45, 2.75) is 6.54 Å². The Hall–Kier alpha value is -2.11. The van der Waals surface area contributed by atoms with E-state index in [1.165, 1.54) is 12.4 Å². The maximum absolute atomic E-state index is 13.5. The molecule has 90 valence electrons. The number of benzene rings is 1. The van der Waals surface area contributed by atoms with E-state index in [2.05, 4.69) is 15.4 Å². The first-order valence-corrected chi connectivity index (χ1v) is 5.11. The molecule has 0 atom stereocenters. The van der Waals surface area contributed by atoms with E-state index in [0.29, 0.717) is 18.0 Å². The fourth-order valence-corrected chi connectivity index (χ4v) is 1.42. The molecule has 0 aliphatic carbocycles. The minimum Gasteiger partial charge on any atom is -0.497 e. The first kappa shape index (κ1) is 11.4. The van der Waals surface area contributed by atoms with Crippen molar-refractivity contribution in [3.8, 4) is 5.75 Å². The molecule has 0 radical (unpaired) electrons. The van der Waals surface area contributed by atoms with E-state index in [4.69, 9.17) is 4.74 Å². The van der Waals surface area contributed by atoms with E-state index < -0.39 is 0 Å². The van der Waals surface area contributed by atoms with Gasteiger partial charge in [-0.25, -0.2) is 9.37 Å². The van der Waals surface area contributed by atoms with Crippen LogP contribution in [0.5, 0.6) is 5.75 Å². The van der Waals surface area contributed by atoms with Gasteiger partial charge >= 0.3 is 0 Å². The zero-order valence-electron chi connectivity index (χ0n) is 9.64. The molecule has 1 aromatic carbocycles. The van der Waals surface area contributed by atoms with Crippen LogP contribution in [0.4, 0.5) is 10.1 Å². The Kier molecular flexibility index (Phi) is 3.22. The Morgan fingerprint density at radius 3 is 2.94 bits per heavy atom. The second-order valence-corrected chi connectivity index (χ2v) is 3.50. The standard InChI is InChI=1S/C11H13FN4O/c1-16-11(14-7-15-16)6-13-10-5-8(17-2)3-4-9(10)12/h3-5,7,13H,6H2,1-2H3. The van der Waals surface area contributed by atoms with Crippen LogP contribution in [-0.4, -0.2) is 21.9 Å². The highest BCUT2D eigenvalue weighted by molar-refractivity contribution is 5.49. The van der Waals surface area contributed by atoms with Crippen LogP contribution < -0.4 is 10.1 Å². The molecule has 2 aromatic rings. The lowest BCUT2D eigenvalue weighted by atomic mass is 10.3. The molecule has 0 amide bonds. The van der Waals surface area contributed by atoms with Crippen molar-refractivity contribution in [2.75, 3.05) is 12.4 Å². The van der Waals surface area contributed by atoms with Crippen LogP contribution in [0.1, 0.15) is 5.82 Å². The average molecular weight is 236 g/mol. The van der Waals surface area contributed by atoms with Crippen molar-refractivity contribution in [3.63, 3.8) is 0 Å². The first-order chi connectivity index (χ1) is 8.20. The molecule has 1 heterocycles. The number of anilines is 1. The number of halogens is 1. The summed E-state index contributed by atoms with van der Waals surface area (Å²) in [6.45, 7) is 0.403. The largest absolute Gasteiger partial charge is 0.497 e. The summed E-state index contributed by atoms with van der Waals surface area (Å²) in [6.07, 6.45) is 1.46. The predicted octanol–water partition coefficient (Wildman–Crippen LogP) is 1.57. The monoisotopic (exact) mass is 236 g/mol. The van der Waals surface area contributed by atoms with Gasteiger partial charge in [0.15, 0.2) is 0 Å². The lowest BCUT2D eigenvalue weighted by Gasteiger charge is -2.08. The SMILES string of the molecule is COc1ccc(F)c(NCc2ncnn2C)c1. The second kappa shape index (κ2) is 4.82. The third kappa shape index (κ3) is 2.52. The maximum Gasteiger partial charge on any atom is 0.146 e. The molecule has 0 bridgehead atoms. The topological polar surface area (TPSA) is 52.0 Å². The van der Waals surface area contributed by atoms with E-state index in [-0.39, 0.29) is 5.82 Å². The normalized spacial score (nSPS) is 10.3. The van der Waals surface area contributed by atoms with E-state index in [1.54, 1.807) is 31.0 Å². The van der Waals surface area contributed by atoms with Gasteiger partial charge in [-0.3, -0.25) is 4.68 Å². The van der Waals surface area contributed by atoms with Gasteiger partial charge in [-0.2, -0.15) is 5.10 Å². The minimum absolute atomic E-state index is 0.326. The van der Waals surface area contributed by atoms with E-state index in [9.17, 15) is 4.39 Å². The highest BCUT2D eigenvalue weighted by Gasteiger charge is 2.05. The van der Waals surface area contributed by atoms with Gasteiger partial charge in [0, 0.05) is 13.1 Å². The third-order valence-electron chi connectivity index (χ3n) is 2.42. The number of ether oxygens (including phenoxy) is 1. The van der Waals surface area contributed by atoms with Crippen LogP contribution in [0.25, 0.3) is 0 Å². The number of aromatic nitrogens is 3. The van der Waals surface area contributed by atoms with Gasteiger partial charge in [-0.15, -0.1) is 0 Å². The van der Waals surface area contributed by atoms with Crippen LogP contribution in [0, 0.1) is 5.82 Å². The molecule has 0 aliphatic heterocycles. The molecule has 0 unspecified atom stereocenters. The number of nitrogens with zero attached hydrogens (tertiary/aromatic N) is 3. The number of rotatable bonds is 4. The molecule has 17 heavy (non-hydrogen) atoms. The molecule has 6 heteroatoms. The fourth-order valence-electron chi connectivity index (χ4n) is 1.42. The summed E-state index contributed by atoms with van der Waals surface area (Å²) in [5.74, 6) is 1.01. The van der Waals surface area contributed by atoms with Crippen LogP contribution in [0.2, 0.25) is 0 Å². The Balaban J connectivity index is 2.11. The molecular formula is C11H13FN4O. The van der Waals surface area contributed by atoms with Gasteiger partial charge in [0.05, 0.1) is 19.3 Å². The molecule has 5 nitrogen and oxygen atoms in total. The average Bonchev–Trinajstić information content (AvgIpc) is 2.74. The zero-order valence-corrected chi connectivity index (χ0v) is 9.64. The quantitative estimate of drug-likeness (QED) is 0.875. The Morgan fingerprint density at radius 1 is 1.47 bits per heavy atom. The lowest BCUT2D eigenvalue weighted by molar-refractivity contribution is 0.414. The molecule has 0 saturated carbocycles. The third-order valence-corrected chi connectivity index (χ3v) is 2.42. The van der Waals surface area contributed by atoms with Crippen molar-refractivity contribution < 1.29 is 9.13 Å². The van der Waals surface area contributed by atoms with Crippen LogP contribution in [0.15, 0.2) is 24.5 Å². The number of hydrogen-bond donors (Lipinski definition) is 1. The van der Waals surface area contributed by atoms with E-state index in [1.807, 2.05) is 0 Å². The van der Waals surface area contributed by atoms with Gasteiger partial charge in [-0.1, -0.05) is 0 Å². The number of methoxy groups -OCH3 is 1. The van der Waals surface area contributed by atoms with Gasteiger partial charge in [0.1, 0.15) is 23.7 Å². The van der Waals surface area contributed by atoms with Crippen LogP contribution in [0.3, 0.4) is 0 Å². The van der Waals surface area contributed by atoms with E-state index >= 15 is 0 Å². The number of hydrogen-bond acceptors (Lipinski definition) is 4. The van der Waals surface area contributed by atoms with Gasteiger partial charge in [0.25, 0.3) is 0 Å². The first-order valence-electron chi connectivity index (χ1n) is 5.11. The molecule has 0 aliphatic rings. The molecule has 0 fully saturated rings. The molecular weight excluding hydrogens is 223 g/mol. The van der Waals surface area contributed by atoms with Crippen LogP contribution >= 0.6 is 0 Å². The molecule has 0 saturated heterocycles. The Morgan fingerprint density at radius 2 is 2.29 bits per heavy atom. The van der Waals surface area contributed by atoms with E-state index in [0.717, 1.165) is 5.82 Å². The number of aryl methyl sites for hydroxylation is 1. The van der Waals surface area contributed by atoms with Crippen LogP contribution in [-0.2, 0) is 13.6 Å². The summed E-state index contributed by atoms with van der Waals surface area (Å²) in [4.78, 5) is 4.04. The fraction of sp³-hybridized carbons (Fsp3) is 0.273. The minimum atomic E-state index is -0.326. The second-order valence-electron chi connectivity index (χ2n) is 3.50. The molecule has 1 N–H and O–H groups in total. The lowest BCUT2D eigenvalue weighted by Crippen LogP contribution is -2.07. The summed E-state index contributed by atoms with van der Waals surface area (Å²) >= 11 is 0. The number of nitrogens with one attached hydrogen (secondary N) is 1. The Labute approximate surface area is 98.2 Å². The predicted molar refractivity (Wildman–Crippen MR) is 61.3 cm³/mol. The summed E-state index contributed by atoms with van der Waals surface area (Å²) in [7, 11) is 3.33. The summed E-state index contributed by atoms with van der Waals surface area (Å²) < 4.78 is 20.1. The molecule has 1 aromatic heterocycles. The van der Waals surface area contributed by atoms with Gasteiger partial charge < -0.3 is 10.1 Å². The highest BCUT2D eigenvalue weighted by Crippen LogP contribution is 2.21. The van der Waals surface area contributed by atoms with Gasteiger partial charge in [0.2, 0.25) is 0 Å². The van der Waals surface area contributed by atoms with Crippen molar-refractivity contribution >= 4 is 5.69 Å². The maximum atomic E-state index is 13.5. The van der Waals surface area contributed by atoms with Gasteiger partial charge in [-0.05, 0) is 12.1 Å². The van der Waals surface area contributed by atoms with Crippen molar-refractivity contribution in [1.29, 1.82) is 0 Å². The zero-order chi connectivity index (χ0) is 12.3. The molecule has 2 rings (SSSR count). The highest BCUT2D eigenvalue weighted by atomic mass is 19.1. The van der Waals surface area contributed by atoms with Crippen molar-refractivity contribution in [3.05, 3.63) is 36.2 Å². The van der Waals surface area contributed by atoms with Crippen molar-refractivity contribution in [1.82, 2.24) is 14.8 Å². The Bertz CT molecular complexity index is 512. The van der Waals surface area contributed by atoms with Crippen molar-refractivity contribution in [2.24, 2.45) is 7.05 Å². The summed E-state index contributed by atoms with van der Waals surface area (Å²) in [5, 5.41) is 6.88. The summed E-state index contributed by atoms with van der Waals surface area (Å²) in [5.41, 5.74) is 0.382. The molecule has 0 spiro atoms.